The van der Waals surface area contributed by atoms with Gasteiger partial charge in [-0.15, -0.1) is 0 Å². The molecule has 2 N–H and O–H groups in total. The van der Waals surface area contributed by atoms with Crippen molar-refractivity contribution in [3.63, 3.8) is 0 Å². The third-order valence-corrected chi connectivity index (χ3v) is 4.67. The first-order chi connectivity index (χ1) is 9.49. The van der Waals surface area contributed by atoms with Crippen LogP contribution in [0.15, 0.2) is 0 Å². The predicted octanol–water partition coefficient (Wildman–Crippen LogP) is 2.36. The van der Waals surface area contributed by atoms with Crippen LogP contribution in [0.25, 0.3) is 0 Å². The highest BCUT2D eigenvalue weighted by molar-refractivity contribution is 6.31. The molecule has 1 aromatic rings. The molecule has 1 saturated carbocycles. The van der Waals surface area contributed by atoms with Gasteiger partial charge in [0, 0.05) is 13.6 Å². The maximum absolute atomic E-state index is 10.9. The van der Waals surface area contributed by atoms with Crippen LogP contribution in [0, 0.1) is 18.8 Å². The summed E-state index contributed by atoms with van der Waals surface area (Å²) in [6.45, 7) is 3.51. The quantitative estimate of drug-likeness (QED) is 0.876. The molecule has 1 aromatic heterocycles. The number of aryl methyl sites for hydroxylation is 2. The molecule has 0 amide bonds. The van der Waals surface area contributed by atoms with E-state index in [4.69, 9.17) is 16.7 Å². The van der Waals surface area contributed by atoms with Crippen LogP contribution < -0.4 is 5.32 Å². The van der Waals surface area contributed by atoms with Gasteiger partial charge in [-0.05, 0) is 45.1 Å². The third-order valence-electron chi connectivity index (χ3n) is 4.18. The van der Waals surface area contributed by atoms with Crippen molar-refractivity contribution in [3.05, 3.63) is 16.4 Å². The molecular weight excluding hydrogens is 278 g/mol. The SMILES string of the molecule is Cc1nn(C)c(CNCC2CCC(C(=O)O)CC2)c1Cl. The van der Waals surface area contributed by atoms with Crippen LogP contribution in [0.4, 0.5) is 0 Å². The number of rotatable bonds is 5. The summed E-state index contributed by atoms with van der Waals surface area (Å²) < 4.78 is 1.81. The number of nitrogens with zero attached hydrogens (tertiary/aromatic N) is 2. The van der Waals surface area contributed by atoms with Crippen LogP contribution in [-0.2, 0) is 18.4 Å². The van der Waals surface area contributed by atoms with E-state index in [0.717, 1.165) is 48.6 Å². The zero-order valence-electron chi connectivity index (χ0n) is 12.0. The van der Waals surface area contributed by atoms with E-state index in [1.54, 1.807) is 0 Å². The van der Waals surface area contributed by atoms with Gasteiger partial charge < -0.3 is 10.4 Å². The summed E-state index contributed by atoms with van der Waals surface area (Å²) in [7, 11) is 1.90. The molecule has 112 valence electrons. The second-order valence-electron chi connectivity index (χ2n) is 5.66. The molecule has 0 spiro atoms. The lowest BCUT2D eigenvalue weighted by Gasteiger charge is -2.26. The lowest BCUT2D eigenvalue weighted by atomic mass is 9.82. The highest BCUT2D eigenvalue weighted by Gasteiger charge is 2.25. The van der Waals surface area contributed by atoms with Crippen LogP contribution in [-0.4, -0.2) is 27.4 Å². The zero-order valence-corrected chi connectivity index (χ0v) is 12.8. The Morgan fingerprint density at radius 1 is 1.45 bits per heavy atom. The molecule has 5 nitrogen and oxygen atoms in total. The largest absolute Gasteiger partial charge is 0.481 e. The molecule has 2 rings (SSSR count). The topological polar surface area (TPSA) is 67.2 Å². The molecular formula is C14H22ClN3O2. The van der Waals surface area contributed by atoms with Gasteiger partial charge in [-0.2, -0.15) is 5.10 Å². The first-order valence-corrected chi connectivity index (χ1v) is 7.48. The molecule has 0 aliphatic heterocycles. The van der Waals surface area contributed by atoms with E-state index >= 15 is 0 Å². The maximum Gasteiger partial charge on any atom is 0.306 e. The molecule has 20 heavy (non-hydrogen) atoms. The Hall–Kier alpha value is -1.07. The molecule has 0 atom stereocenters. The van der Waals surface area contributed by atoms with Gasteiger partial charge in [0.15, 0.2) is 0 Å². The second kappa shape index (κ2) is 6.59. The van der Waals surface area contributed by atoms with Gasteiger partial charge in [0.1, 0.15) is 0 Å². The predicted molar refractivity (Wildman–Crippen MR) is 77.7 cm³/mol. The number of halogens is 1. The van der Waals surface area contributed by atoms with Crippen molar-refractivity contribution in [1.82, 2.24) is 15.1 Å². The van der Waals surface area contributed by atoms with Gasteiger partial charge in [-0.1, -0.05) is 11.6 Å². The van der Waals surface area contributed by atoms with Crippen LogP contribution in [0.1, 0.15) is 37.1 Å². The molecule has 0 radical (unpaired) electrons. The molecule has 0 saturated heterocycles. The molecule has 1 aliphatic rings. The van der Waals surface area contributed by atoms with Crippen LogP contribution in [0.2, 0.25) is 5.02 Å². The minimum atomic E-state index is -0.645. The Morgan fingerprint density at radius 3 is 2.60 bits per heavy atom. The molecule has 1 aliphatic carbocycles. The highest BCUT2D eigenvalue weighted by atomic mass is 35.5. The Morgan fingerprint density at radius 2 is 2.10 bits per heavy atom. The molecule has 0 unspecified atom stereocenters. The van der Waals surface area contributed by atoms with E-state index in [1.165, 1.54) is 0 Å². The van der Waals surface area contributed by atoms with Crippen molar-refractivity contribution in [2.24, 2.45) is 18.9 Å². The number of aliphatic carboxylic acids is 1. The number of carbonyl (C=O) groups is 1. The summed E-state index contributed by atoms with van der Waals surface area (Å²) in [4.78, 5) is 10.9. The Balaban J connectivity index is 1.76. The third kappa shape index (κ3) is 3.52. The van der Waals surface area contributed by atoms with Gasteiger partial charge in [-0.3, -0.25) is 9.48 Å². The Labute approximate surface area is 124 Å². The zero-order chi connectivity index (χ0) is 14.7. The van der Waals surface area contributed by atoms with Gasteiger partial charge in [0.2, 0.25) is 0 Å². The Kier molecular flexibility index (Phi) is 5.05. The normalized spacial score (nSPS) is 22.9. The van der Waals surface area contributed by atoms with Crippen LogP contribution in [0.5, 0.6) is 0 Å². The lowest BCUT2D eigenvalue weighted by molar-refractivity contribution is -0.143. The molecule has 0 aromatic carbocycles. The van der Waals surface area contributed by atoms with Crippen LogP contribution >= 0.6 is 11.6 Å². The summed E-state index contributed by atoms with van der Waals surface area (Å²) >= 11 is 6.20. The van der Waals surface area contributed by atoms with Crippen molar-refractivity contribution >= 4 is 17.6 Å². The number of hydrogen-bond donors (Lipinski definition) is 2. The van der Waals surface area contributed by atoms with Gasteiger partial charge in [-0.25, -0.2) is 0 Å². The molecule has 1 fully saturated rings. The van der Waals surface area contributed by atoms with E-state index in [1.807, 2.05) is 18.7 Å². The van der Waals surface area contributed by atoms with Crippen LogP contribution in [0.3, 0.4) is 0 Å². The second-order valence-corrected chi connectivity index (χ2v) is 6.03. The first-order valence-electron chi connectivity index (χ1n) is 7.10. The van der Waals surface area contributed by atoms with E-state index in [-0.39, 0.29) is 5.92 Å². The smallest absolute Gasteiger partial charge is 0.306 e. The number of hydrogen-bond acceptors (Lipinski definition) is 3. The standard InChI is InChI=1S/C14H22ClN3O2/c1-9-13(15)12(18(2)17-9)8-16-7-10-3-5-11(6-4-10)14(19)20/h10-11,16H,3-8H2,1-2H3,(H,19,20). The number of nitrogens with one attached hydrogen (secondary N) is 1. The number of carboxylic acid groups (broad SMARTS) is 1. The summed E-state index contributed by atoms with van der Waals surface area (Å²) in [6.07, 6.45) is 3.57. The molecule has 6 heteroatoms. The van der Waals surface area contributed by atoms with Gasteiger partial charge in [0.25, 0.3) is 0 Å². The van der Waals surface area contributed by atoms with E-state index in [0.29, 0.717) is 12.5 Å². The van der Waals surface area contributed by atoms with E-state index in [2.05, 4.69) is 10.4 Å². The molecule has 1 heterocycles. The van der Waals surface area contributed by atoms with Crippen molar-refractivity contribution in [2.45, 2.75) is 39.2 Å². The van der Waals surface area contributed by atoms with E-state index < -0.39 is 5.97 Å². The van der Waals surface area contributed by atoms with Crippen molar-refractivity contribution in [2.75, 3.05) is 6.54 Å². The minimum absolute atomic E-state index is 0.139. The van der Waals surface area contributed by atoms with Gasteiger partial charge >= 0.3 is 5.97 Å². The van der Waals surface area contributed by atoms with Gasteiger partial charge in [0.05, 0.1) is 22.3 Å². The summed E-state index contributed by atoms with van der Waals surface area (Å²) in [5.41, 5.74) is 1.86. The number of carboxylic acids is 1. The van der Waals surface area contributed by atoms with Crippen molar-refractivity contribution in [3.8, 4) is 0 Å². The average molecular weight is 300 g/mol. The van der Waals surface area contributed by atoms with Crippen molar-refractivity contribution in [1.29, 1.82) is 0 Å². The summed E-state index contributed by atoms with van der Waals surface area (Å²) in [5.74, 6) is -0.215. The first kappa shape index (κ1) is 15.3. The van der Waals surface area contributed by atoms with E-state index in [9.17, 15) is 4.79 Å². The fourth-order valence-electron chi connectivity index (χ4n) is 2.88. The van der Waals surface area contributed by atoms with Crippen molar-refractivity contribution < 1.29 is 9.90 Å². The summed E-state index contributed by atoms with van der Waals surface area (Å²) in [6, 6.07) is 0. The summed E-state index contributed by atoms with van der Waals surface area (Å²) in [5, 5.41) is 17.4. The molecule has 0 bridgehead atoms. The monoisotopic (exact) mass is 299 g/mol. The highest BCUT2D eigenvalue weighted by Crippen LogP contribution is 2.28. The Bertz CT molecular complexity index is 479. The lowest BCUT2D eigenvalue weighted by Crippen LogP contribution is -2.29. The minimum Gasteiger partial charge on any atom is -0.481 e. The fraction of sp³-hybridized carbons (Fsp3) is 0.714. The average Bonchev–Trinajstić information content (AvgIpc) is 2.65. The number of aromatic nitrogens is 2. The fourth-order valence-corrected chi connectivity index (χ4v) is 3.11. The maximum atomic E-state index is 10.9.